The van der Waals surface area contributed by atoms with Gasteiger partial charge in [0.15, 0.2) is 0 Å². The van der Waals surface area contributed by atoms with Gasteiger partial charge in [-0.15, -0.1) is 23.1 Å². The van der Waals surface area contributed by atoms with Crippen LogP contribution in [0.25, 0.3) is 0 Å². The highest BCUT2D eigenvalue weighted by atomic mass is 32.2. The number of hydrogen-bond acceptors (Lipinski definition) is 4. The fourth-order valence-corrected chi connectivity index (χ4v) is 3.36. The first-order valence-corrected chi connectivity index (χ1v) is 7.67. The minimum absolute atomic E-state index is 0.0323. The fraction of sp³-hybridized carbons (Fsp3) is 0.154. The molecule has 92 valence electrons. The second kappa shape index (κ2) is 4.33. The number of thioether (sulfide) groups is 1. The van der Waals surface area contributed by atoms with Gasteiger partial charge in [0.05, 0.1) is 22.6 Å². The molecule has 1 aliphatic heterocycles. The van der Waals surface area contributed by atoms with Gasteiger partial charge >= 0.3 is 0 Å². The van der Waals surface area contributed by atoms with Gasteiger partial charge in [0.2, 0.25) is 0 Å². The number of nitrogens with zero attached hydrogens (tertiary/aromatic N) is 1. The van der Waals surface area contributed by atoms with E-state index in [-0.39, 0.29) is 5.91 Å². The molecule has 0 fully saturated rings. The maximum atomic E-state index is 12.1. The molecule has 2 aromatic rings. The molecular formula is C13H12N2OS2. The Balaban J connectivity index is 2.18. The normalized spacial score (nSPS) is 13.7. The van der Waals surface area contributed by atoms with E-state index in [1.54, 1.807) is 23.1 Å². The number of carbonyl (C=O) groups is 1. The van der Waals surface area contributed by atoms with Crippen molar-refractivity contribution >= 4 is 46.1 Å². The molecule has 0 unspecified atom stereocenters. The molecule has 1 aromatic heterocycles. The van der Waals surface area contributed by atoms with Crippen LogP contribution in [0.4, 0.5) is 17.1 Å². The highest BCUT2D eigenvalue weighted by Gasteiger charge is 2.23. The number of carbonyl (C=O) groups excluding carboxylic acids is 1. The predicted octanol–water partition coefficient (Wildman–Crippen LogP) is 3.80. The number of fused-ring (bicyclic) bond motifs is 2. The lowest BCUT2D eigenvalue weighted by Gasteiger charge is -2.19. The Morgan fingerprint density at radius 1 is 1.28 bits per heavy atom. The van der Waals surface area contributed by atoms with Gasteiger partial charge in [-0.1, -0.05) is 0 Å². The van der Waals surface area contributed by atoms with Crippen LogP contribution in [0.2, 0.25) is 0 Å². The van der Waals surface area contributed by atoms with Gasteiger partial charge in [0, 0.05) is 22.7 Å². The lowest BCUT2D eigenvalue weighted by Crippen LogP contribution is -2.09. The molecule has 0 radical (unpaired) electrons. The Morgan fingerprint density at radius 2 is 2.11 bits per heavy atom. The zero-order valence-electron chi connectivity index (χ0n) is 10.1. The van der Waals surface area contributed by atoms with E-state index in [1.165, 1.54) is 0 Å². The maximum Gasteiger partial charge on any atom is 0.258 e. The van der Waals surface area contributed by atoms with Crippen LogP contribution >= 0.6 is 23.1 Å². The summed E-state index contributed by atoms with van der Waals surface area (Å²) in [5.41, 5.74) is 3.60. The van der Waals surface area contributed by atoms with Crippen LogP contribution in [0.3, 0.4) is 0 Å². The molecule has 1 amide bonds. The van der Waals surface area contributed by atoms with Crippen molar-refractivity contribution in [3.05, 3.63) is 34.5 Å². The van der Waals surface area contributed by atoms with Crippen LogP contribution in [0, 0.1) is 0 Å². The van der Waals surface area contributed by atoms with E-state index in [4.69, 9.17) is 0 Å². The topological polar surface area (TPSA) is 32.3 Å². The zero-order chi connectivity index (χ0) is 12.7. The molecule has 0 atom stereocenters. The van der Waals surface area contributed by atoms with Crippen molar-refractivity contribution in [1.29, 1.82) is 0 Å². The quantitative estimate of drug-likeness (QED) is 0.804. The average Bonchev–Trinajstić information content (AvgIpc) is 2.83. The Labute approximate surface area is 114 Å². The van der Waals surface area contributed by atoms with Crippen molar-refractivity contribution in [2.24, 2.45) is 0 Å². The number of thiophene rings is 1. The molecule has 1 N–H and O–H groups in total. The first kappa shape index (κ1) is 11.6. The Bertz CT molecular complexity index is 621. The zero-order valence-corrected chi connectivity index (χ0v) is 11.7. The van der Waals surface area contributed by atoms with Gasteiger partial charge in [-0.2, -0.15) is 0 Å². The summed E-state index contributed by atoms with van der Waals surface area (Å²) in [6.07, 6.45) is 2.03. The molecule has 0 spiro atoms. The van der Waals surface area contributed by atoms with Crippen molar-refractivity contribution in [1.82, 2.24) is 0 Å². The van der Waals surface area contributed by atoms with Crippen LogP contribution in [0.1, 0.15) is 10.4 Å². The molecule has 18 heavy (non-hydrogen) atoms. The van der Waals surface area contributed by atoms with E-state index < -0.39 is 0 Å². The van der Waals surface area contributed by atoms with E-state index in [9.17, 15) is 4.79 Å². The van der Waals surface area contributed by atoms with Gasteiger partial charge in [0.25, 0.3) is 5.91 Å². The first-order chi connectivity index (χ1) is 8.70. The van der Waals surface area contributed by atoms with Crippen LogP contribution in [-0.4, -0.2) is 19.2 Å². The highest BCUT2D eigenvalue weighted by molar-refractivity contribution is 7.98. The van der Waals surface area contributed by atoms with Crippen LogP contribution < -0.4 is 10.2 Å². The standard InChI is InChI=1S/C13H12N2OS2/c1-15-11-4-3-8(17-2)5-10(11)14-13(16)9-6-18-7-12(9)15/h3-7H,1-2H3,(H,14,16). The van der Waals surface area contributed by atoms with E-state index in [1.807, 2.05) is 36.2 Å². The fourth-order valence-electron chi connectivity index (χ4n) is 2.07. The molecule has 5 heteroatoms. The molecule has 1 aliphatic rings. The molecule has 0 saturated heterocycles. The third kappa shape index (κ3) is 1.71. The summed E-state index contributed by atoms with van der Waals surface area (Å²) in [5.74, 6) is -0.0323. The van der Waals surface area contributed by atoms with Crippen molar-refractivity contribution in [3.63, 3.8) is 0 Å². The van der Waals surface area contributed by atoms with E-state index >= 15 is 0 Å². The highest BCUT2D eigenvalue weighted by Crippen LogP contribution is 2.39. The predicted molar refractivity (Wildman–Crippen MR) is 78.6 cm³/mol. The summed E-state index contributed by atoms with van der Waals surface area (Å²) >= 11 is 3.22. The number of amides is 1. The van der Waals surface area contributed by atoms with Crippen LogP contribution in [0.15, 0.2) is 33.9 Å². The maximum absolute atomic E-state index is 12.1. The second-order valence-corrected chi connectivity index (χ2v) is 5.69. The third-order valence-electron chi connectivity index (χ3n) is 3.06. The van der Waals surface area contributed by atoms with Gasteiger partial charge in [-0.3, -0.25) is 4.79 Å². The lowest BCUT2D eigenvalue weighted by molar-refractivity contribution is 0.102. The number of nitrogens with one attached hydrogen (secondary N) is 1. The minimum atomic E-state index is -0.0323. The number of anilines is 3. The average molecular weight is 276 g/mol. The number of rotatable bonds is 1. The summed E-state index contributed by atoms with van der Waals surface area (Å²) in [7, 11) is 1.99. The number of benzene rings is 1. The van der Waals surface area contributed by atoms with E-state index in [0.29, 0.717) is 0 Å². The lowest BCUT2D eigenvalue weighted by atomic mass is 10.2. The van der Waals surface area contributed by atoms with Crippen LogP contribution in [-0.2, 0) is 0 Å². The Hall–Kier alpha value is -1.46. The molecule has 3 rings (SSSR count). The Morgan fingerprint density at radius 3 is 2.89 bits per heavy atom. The number of hydrogen-bond donors (Lipinski definition) is 1. The molecule has 0 saturated carbocycles. The summed E-state index contributed by atoms with van der Waals surface area (Å²) in [4.78, 5) is 15.3. The molecular weight excluding hydrogens is 264 g/mol. The molecule has 2 heterocycles. The van der Waals surface area contributed by atoms with Gasteiger partial charge < -0.3 is 10.2 Å². The summed E-state index contributed by atoms with van der Waals surface area (Å²) < 4.78 is 0. The monoisotopic (exact) mass is 276 g/mol. The largest absolute Gasteiger partial charge is 0.342 e. The summed E-state index contributed by atoms with van der Waals surface area (Å²) in [6.45, 7) is 0. The summed E-state index contributed by atoms with van der Waals surface area (Å²) in [5, 5.41) is 6.88. The van der Waals surface area contributed by atoms with Crippen molar-refractivity contribution in [2.45, 2.75) is 4.90 Å². The molecule has 0 bridgehead atoms. The smallest absolute Gasteiger partial charge is 0.258 e. The van der Waals surface area contributed by atoms with E-state index in [0.717, 1.165) is 27.5 Å². The van der Waals surface area contributed by atoms with Crippen molar-refractivity contribution in [3.8, 4) is 0 Å². The SMILES string of the molecule is CSc1ccc2c(c1)NC(=O)c1cscc1N2C. The minimum Gasteiger partial charge on any atom is -0.342 e. The van der Waals surface area contributed by atoms with Gasteiger partial charge in [-0.25, -0.2) is 0 Å². The van der Waals surface area contributed by atoms with Gasteiger partial charge in [0.1, 0.15) is 0 Å². The first-order valence-electron chi connectivity index (χ1n) is 5.50. The van der Waals surface area contributed by atoms with Crippen molar-refractivity contribution < 1.29 is 4.79 Å². The third-order valence-corrected chi connectivity index (χ3v) is 4.52. The molecule has 1 aromatic carbocycles. The molecule has 3 nitrogen and oxygen atoms in total. The second-order valence-electron chi connectivity index (χ2n) is 4.07. The van der Waals surface area contributed by atoms with E-state index in [2.05, 4.69) is 16.3 Å². The summed E-state index contributed by atoms with van der Waals surface area (Å²) in [6, 6.07) is 6.14. The van der Waals surface area contributed by atoms with Crippen molar-refractivity contribution in [2.75, 3.05) is 23.5 Å². The van der Waals surface area contributed by atoms with Crippen LogP contribution in [0.5, 0.6) is 0 Å². The molecule has 0 aliphatic carbocycles. The Kier molecular flexibility index (Phi) is 2.80. The van der Waals surface area contributed by atoms with Gasteiger partial charge in [-0.05, 0) is 24.5 Å².